The standard InChI is InChI=1S/C28H32N2.C4H10/c1-8-10-14-22(9-2)26-18-29-28(30(26)7)24-16-15-23(17-25(24)19(3)4)27-20(5)12-11-13-21(27)6;1-3-4-2/h8-19H,2H2,1,3-7H3;3-4H2,1-2H3/b10-8-,22-14+;. The maximum atomic E-state index is 4.79. The third kappa shape index (κ3) is 6.26. The van der Waals surface area contributed by atoms with Crippen molar-refractivity contribution >= 4 is 5.57 Å². The van der Waals surface area contributed by atoms with Crippen LogP contribution in [-0.2, 0) is 7.05 Å². The van der Waals surface area contributed by atoms with Crippen LogP contribution in [0.3, 0.4) is 0 Å². The van der Waals surface area contributed by atoms with E-state index in [1.807, 2.05) is 31.3 Å². The number of allylic oxidation sites excluding steroid dienone is 5. The summed E-state index contributed by atoms with van der Waals surface area (Å²) in [5.74, 6) is 1.37. The van der Waals surface area contributed by atoms with E-state index in [2.05, 4.69) is 102 Å². The molecule has 0 aliphatic carbocycles. The Labute approximate surface area is 207 Å². The van der Waals surface area contributed by atoms with Crippen LogP contribution in [-0.4, -0.2) is 9.55 Å². The molecule has 0 saturated heterocycles. The van der Waals surface area contributed by atoms with Gasteiger partial charge in [-0.1, -0.05) is 108 Å². The van der Waals surface area contributed by atoms with E-state index in [0.717, 1.165) is 17.1 Å². The lowest BCUT2D eigenvalue weighted by atomic mass is 9.89. The lowest BCUT2D eigenvalue weighted by Crippen LogP contribution is -2.02. The summed E-state index contributed by atoms with van der Waals surface area (Å²) in [4.78, 5) is 4.79. The molecule has 0 N–H and O–H groups in total. The Morgan fingerprint density at radius 1 is 1.06 bits per heavy atom. The third-order valence-corrected chi connectivity index (χ3v) is 6.16. The molecule has 0 atom stereocenters. The van der Waals surface area contributed by atoms with Gasteiger partial charge in [-0.2, -0.15) is 0 Å². The molecular weight excluding hydrogens is 412 g/mol. The van der Waals surface area contributed by atoms with Crippen molar-refractivity contribution in [2.75, 3.05) is 0 Å². The van der Waals surface area contributed by atoms with Crippen molar-refractivity contribution < 1.29 is 0 Å². The Morgan fingerprint density at radius 2 is 1.71 bits per heavy atom. The molecule has 0 unspecified atom stereocenters. The zero-order valence-electron chi connectivity index (χ0n) is 22.4. The molecular formula is C32H42N2. The fourth-order valence-corrected chi connectivity index (χ4v) is 4.06. The Bertz CT molecular complexity index is 1130. The molecule has 0 amide bonds. The number of unbranched alkanes of at least 4 members (excludes halogenated alkanes) is 1. The summed E-state index contributed by atoms with van der Waals surface area (Å²) in [6.07, 6.45) is 12.6. The van der Waals surface area contributed by atoms with Crippen molar-refractivity contribution in [3.8, 4) is 22.5 Å². The van der Waals surface area contributed by atoms with Crippen LogP contribution < -0.4 is 0 Å². The van der Waals surface area contributed by atoms with Gasteiger partial charge in [-0.15, -0.1) is 0 Å². The molecule has 180 valence electrons. The number of hydrogen-bond donors (Lipinski definition) is 0. The SMILES string of the molecule is C=C/C(=C\C=C/C)c1cnc(-c2ccc(-c3c(C)cccc3C)cc2C(C)C)n1C.CCCC. The molecule has 1 aromatic heterocycles. The van der Waals surface area contributed by atoms with Crippen molar-refractivity contribution in [3.05, 3.63) is 95.9 Å². The molecule has 0 radical (unpaired) electrons. The molecule has 0 aliphatic rings. The van der Waals surface area contributed by atoms with Crippen molar-refractivity contribution in [1.29, 1.82) is 0 Å². The van der Waals surface area contributed by atoms with E-state index in [4.69, 9.17) is 4.98 Å². The summed E-state index contributed by atoms with van der Waals surface area (Å²) in [6, 6.07) is 13.3. The number of imidazole rings is 1. The highest BCUT2D eigenvalue weighted by Gasteiger charge is 2.17. The van der Waals surface area contributed by atoms with Crippen molar-refractivity contribution in [3.63, 3.8) is 0 Å². The Balaban J connectivity index is 0.000000945. The van der Waals surface area contributed by atoms with Gasteiger partial charge in [-0.3, -0.25) is 0 Å². The first kappa shape index (κ1) is 27.1. The Morgan fingerprint density at radius 3 is 2.24 bits per heavy atom. The number of aromatic nitrogens is 2. The van der Waals surface area contributed by atoms with E-state index < -0.39 is 0 Å². The first-order chi connectivity index (χ1) is 16.3. The number of aryl methyl sites for hydroxylation is 2. The van der Waals surface area contributed by atoms with Crippen LogP contribution in [0.1, 0.15) is 75.8 Å². The van der Waals surface area contributed by atoms with Gasteiger partial charge >= 0.3 is 0 Å². The minimum Gasteiger partial charge on any atom is -0.327 e. The van der Waals surface area contributed by atoms with Crippen LogP contribution in [0.15, 0.2) is 73.5 Å². The van der Waals surface area contributed by atoms with Gasteiger partial charge < -0.3 is 4.57 Å². The Hall–Kier alpha value is -3.13. The zero-order chi connectivity index (χ0) is 25.3. The Kier molecular flexibility index (Phi) is 10.3. The van der Waals surface area contributed by atoms with E-state index in [1.165, 1.54) is 46.2 Å². The van der Waals surface area contributed by atoms with Crippen LogP contribution in [0.25, 0.3) is 28.1 Å². The molecule has 2 nitrogen and oxygen atoms in total. The van der Waals surface area contributed by atoms with E-state index in [1.54, 1.807) is 0 Å². The maximum Gasteiger partial charge on any atom is 0.140 e. The topological polar surface area (TPSA) is 17.8 Å². The van der Waals surface area contributed by atoms with Crippen LogP contribution >= 0.6 is 0 Å². The molecule has 2 heteroatoms. The predicted molar refractivity (Wildman–Crippen MR) is 151 cm³/mol. The smallest absolute Gasteiger partial charge is 0.140 e. The first-order valence-corrected chi connectivity index (χ1v) is 12.5. The summed E-state index contributed by atoms with van der Waals surface area (Å²) in [7, 11) is 2.08. The molecule has 3 aromatic rings. The lowest BCUT2D eigenvalue weighted by molar-refractivity contribution is 0.856. The summed E-state index contributed by atoms with van der Waals surface area (Å²) >= 11 is 0. The molecule has 0 fully saturated rings. The van der Waals surface area contributed by atoms with Crippen LogP contribution in [0.4, 0.5) is 0 Å². The van der Waals surface area contributed by atoms with Crippen LogP contribution in [0.2, 0.25) is 0 Å². The van der Waals surface area contributed by atoms with Crippen molar-refractivity contribution in [1.82, 2.24) is 9.55 Å². The van der Waals surface area contributed by atoms with Gasteiger partial charge in [0.05, 0.1) is 11.9 Å². The normalized spacial score (nSPS) is 11.6. The largest absolute Gasteiger partial charge is 0.327 e. The van der Waals surface area contributed by atoms with E-state index in [-0.39, 0.29) is 0 Å². The van der Waals surface area contributed by atoms with Crippen molar-refractivity contribution in [2.24, 2.45) is 7.05 Å². The summed E-state index contributed by atoms with van der Waals surface area (Å²) in [5, 5.41) is 0. The molecule has 0 aliphatic heterocycles. The maximum absolute atomic E-state index is 4.79. The van der Waals surface area contributed by atoms with Crippen molar-refractivity contribution in [2.45, 2.75) is 67.2 Å². The molecule has 0 spiro atoms. The zero-order valence-corrected chi connectivity index (χ0v) is 22.4. The molecule has 0 bridgehead atoms. The molecule has 0 saturated carbocycles. The average Bonchev–Trinajstić information content (AvgIpc) is 3.20. The van der Waals surface area contributed by atoms with E-state index >= 15 is 0 Å². The monoisotopic (exact) mass is 454 g/mol. The van der Waals surface area contributed by atoms with Gasteiger partial charge in [0.25, 0.3) is 0 Å². The molecule has 3 rings (SSSR count). The van der Waals surface area contributed by atoms with Crippen LogP contribution in [0.5, 0.6) is 0 Å². The fraction of sp³-hybridized carbons (Fsp3) is 0.344. The second-order valence-electron chi connectivity index (χ2n) is 9.10. The highest BCUT2D eigenvalue weighted by Crippen LogP contribution is 2.35. The number of hydrogen-bond acceptors (Lipinski definition) is 1. The summed E-state index contributed by atoms with van der Waals surface area (Å²) in [5.41, 5.74) is 9.83. The molecule has 2 aromatic carbocycles. The number of nitrogens with zero attached hydrogens (tertiary/aromatic N) is 2. The quantitative estimate of drug-likeness (QED) is 0.325. The lowest BCUT2D eigenvalue weighted by Gasteiger charge is -2.17. The second kappa shape index (κ2) is 12.9. The summed E-state index contributed by atoms with van der Waals surface area (Å²) in [6.45, 7) is 19.2. The second-order valence-corrected chi connectivity index (χ2v) is 9.10. The first-order valence-electron chi connectivity index (χ1n) is 12.5. The van der Waals surface area contributed by atoms with Gasteiger partial charge in [0.2, 0.25) is 0 Å². The van der Waals surface area contributed by atoms with E-state index in [9.17, 15) is 0 Å². The van der Waals surface area contributed by atoms with Crippen LogP contribution in [0, 0.1) is 13.8 Å². The minimum atomic E-state index is 0.391. The third-order valence-electron chi connectivity index (χ3n) is 6.16. The van der Waals surface area contributed by atoms with Gasteiger partial charge in [0.15, 0.2) is 0 Å². The summed E-state index contributed by atoms with van der Waals surface area (Å²) < 4.78 is 2.16. The molecule has 1 heterocycles. The fourth-order valence-electron chi connectivity index (χ4n) is 4.06. The highest BCUT2D eigenvalue weighted by molar-refractivity contribution is 5.78. The predicted octanol–water partition coefficient (Wildman–Crippen LogP) is 9.45. The average molecular weight is 455 g/mol. The van der Waals surface area contributed by atoms with Gasteiger partial charge in [-0.25, -0.2) is 4.98 Å². The number of benzene rings is 2. The van der Waals surface area contributed by atoms with Gasteiger partial charge in [0, 0.05) is 12.6 Å². The van der Waals surface area contributed by atoms with Gasteiger partial charge in [0.1, 0.15) is 5.82 Å². The number of rotatable bonds is 7. The molecule has 34 heavy (non-hydrogen) atoms. The van der Waals surface area contributed by atoms with Gasteiger partial charge in [-0.05, 0) is 60.1 Å². The van der Waals surface area contributed by atoms with E-state index in [0.29, 0.717) is 5.92 Å². The highest BCUT2D eigenvalue weighted by atomic mass is 15.1. The minimum absolute atomic E-state index is 0.391.